The number of aryl methyl sites for hydroxylation is 1. The quantitative estimate of drug-likeness (QED) is 0.780. The van der Waals surface area contributed by atoms with Gasteiger partial charge < -0.3 is 5.32 Å². The second-order valence-corrected chi connectivity index (χ2v) is 5.09. The van der Waals surface area contributed by atoms with Crippen LogP contribution < -0.4 is 5.32 Å². The molecule has 3 heteroatoms. The van der Waals surface area contributed by atoms with Gasteiger partial charge in [-0.05, 0) is 31.2 Å². The average molecular weight is 288 g/mol. The van der Waals surface area contributed by atoms with Crippen LogP contribution in [0.15, 0.2) is 72.9 Å². The second kappa shape index (κ2) is 6.22. The van der Waals surface area contributed by atoms with E-state index in [1.165, 1.54) is 5.56 Å². The summed E-state index contributed by atoms with van der Waals surface area (Å²) >= 11 is 0. The Bertz CT molecular complexity index is 780. The molecule has 0 fully saturated rings. The molecule has 0 aliphatic heterocycles. The van der Waals surface area contributed by atoms with Crippen LogP contribution in [-0.4, -0.2) is 10.9 Å². The van der Waals surface area contributed by atoms with Crippen molar-refractivity contribution in [2.75, 3.05) is 5.32 Å². The Balaban J connectivity index is 1.94. The van der Waals surface area contributed by atoms with Crippen molar-refractivity contribution in [2.45, 2.75) is 6.92 Å². The Hall–Kier alpha value is -2.94. The van der Waals surface area contributed by atoms with Gasteiger partial charge in [0.25, 0.3) is 5.91 Å². The van der Waals surface area contributed by atoms with Gasteiger partial charge in [-0.2, -0.15) is 0 Å². The molecule has 1 amide bonds. The lowest BCUT2D eigenvalue weighted by Crippen LogP contribution is -2.13. The number of nitrogens with zero attached hydrogens (tertiary/aromatic N) is 1. The van der Waals surface area contributed by atoms with E-state index in [0.29, 0.717) is 11.3 Å². The fraction of sp³-hybridized carbons (Fsp3) is 0.0526. The van der Waals surface area contributed by atoms with Crippen molar-refractivity contribution in [3.63, 3.8) is 0 Å². The van der Waals surface area contributed by atoms with Gasteiger partial charge in [-0.1, -0.05) is 48.0 Å². The molecule has 0 radical (unpaired) electrons. The number of pyridine rings is 1. The highest BCUT2D eigenvalue weighted by molar-refractivity contribution is 6.08. The summed E-state index contributed by atoms with van der Waals surface area (Å²) in [5, 5.41) is 2.90. The van der Waals surface area contributed by atoms with E-state index in [1.54, 1.807) is 18.3 Å². The van der Waals surface area contributed by atoms with Gasteiger partial charge in [-0.3, -0.25) is 9.78 Å². The third-order valence-corrected chi connectivity index (χ3v) is 3.41. The molecule has 0 bridgehead atoms. The SMILES string of the molecule is Cc1ccc(-c2ncccc2C(=O)Nc2ccccc2)cc1. The van der Waals surface area contributed by atoms with Crippen LogP contribution in [0.1, 0.15) is 15.9 Å². The summed E-state index contributed by atoms with van der Waals surface area (Å²) in [5.74, 6) is -0.158. The van der Waals surface area contributed by atoms with Crippen LogP contribution in [0.4, 0.5) is 5.69 Å². The number of carbonyl (C=O) groups excluding carboxylic acids is 1. The summed E-state index contributed by atoms with van der Waals surface area (Å²) in [5.41, 5.74) is 4.14. The van der Waals surface area contributed by atoms with E-state index in [1.807, 2.05) is 61.5 Å². The van der Waals surface area contributed by atoms with Crippen molar-refractivity contribution in [2.24, 2.45) is 0 Å². The molecule has 0 spiro atoms. The third kappa shape index (κ3) is 3.04. The van der Waals surface area contributed by atoms with Gasteiger partial charge in [0.15, 0.2) is 0 Å². The predicted molar refractivity (Wildman–Crippen MR) is 88.8 cm³/mol. The molecule has 0 atom stereocenters. The molecule has 0 aliphatic carbocycles. The van der Waals surface area contributed by atoms with E-state index in [4.69, 9.17) is 0 Å². The zero-order valence-corrected chi connectivity index (χ0v) is 12.3. The van der Waals surface area contributed by atoms with Crippen LogP contribution in [0.5, 0.6) is 0 Å². The monoisotopic (exact) mass is 288 g/mol. The predicted octanol–water partition coefficient (Wildman–Crippen LogP) is 4.31. The Morgan fingerprint density at radius 3 is 2.36 bits per heavy atom. The van der Waals surface area contributed by atoms with E-state index in [0.717, 1.165) is 11.3 Å². The number of anilines is 1. The Kier molecular flexibility index (Phi) is 3.97. The summed E-state index contributed by atoms with van der Waals surface area (Å²) in [6.45, 7) is 2.03. The number of hydrogen-bond donors (Lipinski definition) is 1. The first-order chi connectivity index (χ1) is 10.7. The maximum absolute atomic E-state index is 12.5. The number of carbonyl (C=O) groups is 1. The smallest absolute Gasteiger partial charge is 0.257 e. The standard InChI is InChI=1S/C19H16N2O/c1-14-9-11-15(12-10-14)18-17(8-5-13-20-18)19(22)21-16-6-3-2-4-7-16/h2-13H,1H3,(H,21,22). The Morgan fingerprint density at radius 2 is 1.64 bits per heavy atom. The molecular weight excluding hydrogens is 272 g/mol. The fourth-order valence-electron chi connectivity index (χ4n) is 2.25. The van der Waals surface area contributed by atoms with Crippen molar-refractivity contribution in [3.05, 3.63) is 84.1 Å². The number of benzene rings is 2. The number of nitrogens with one attached hydrogen (secondary N) is 1. The van der Waals surface area contributed by atoms with Gasteiger partial charge in [-0.25, -0.2) is 0 Å². The summed E-state index contributed by atoms with van der Waals surface area (Å²) in [7, 11) is 0. The lowest BCUT2D eigenvalue weighted by atomic mass is 10.0. The number of rotatable bonds is 3. The first kappa shape index (κ1) is 14.0. The number of amides is 1. The number of hydrogen-bond acceptors (Lipinski definition) is 2. The minimum Gasteiger partial charge on any atom is -0.322 e. The highest BCUT2D eigenvalue weighted by Gasteiger charge is 2.13. The van der Waals surface area contributed by atoms with Gasteiger partial charge in [0, 0.05) is 17.4 Å². The average Bonchev–Trinajstić information content (AvgIpc) is 2.56. The lowest BCUT2D eigenvalue weighted by Gasteiger charge is -2.09. The second-order valence-electron chi connectivity index (χ2n) is 5.09. The van der Waals surface area contributed by atoms with Crippen LogP contribution in [0, 0.1) is 6.92 Å². The maximum Gasteiger partial charge on any atom is 0.257 e. The van der Waals surface area contributed by atoms with Crippen LogP contribution in [0.25, 0.3) is 11.3 Å². The fourth-order valence-corrected chi connectivity index (χ4v) is 2.25. The van der Waals surface area contributed by atoms with Crippen LogP contribution in [0.2, 0.25) is 0 Å². The summed E-state index contributed by atoms with van der Waals surface area (Å²) < 4.78 is 0. The molecule has 0 saturated heterocycles. The van der Waals surface area contributed by atoms with Gasteiger partial charge >= 0.3 is 0 Å². The Morgan fingerprint density at radius 1 is 0.909 bits per heavy atom. The van der Waals surface area contributed by atoms with Gasteiger partial charge in [-0.15, -0.1) is 0 Å². The van der Waals surface area contributed by atoms with Crippen molar-refractivity contribution < 1.29 is 4.79 Å². The molecule has 108 valence electrons. The van der Waals surface area contributed by atoms with Crippen molar-refractivity contribution >= 4 is 11.6 Å². The van der Waals surface area contributed by atoms with Gasteiger partial charge in [0.05, 0.1) is 11.3 Å². The topological polar surface area (TPSA) is 42.0 Å². The van der Waals surface area contributed by atoms with E-state index in [-0.39, 0.29) is 5.91 Å². The highest BCUT2D eigenvalue weighted by atomic mass is 16.1. The molecule has 1 aromatic heterocycles. The van der Waals surface area contributed by atoms with Crippen LogP contribution in [-0.2, 0) is 0 Å². The van der Waals surface area contributed by atoms with E-state index >= 15 is 0 Å². The first-order valence-corrected chi connectivity index (χ1v) is 7.12. The molecule has 22 heavy (non-hydrogen) atoms. The molecule has 1 heterocycles. The molecular formula is C19H16N2O. The van der Waals surface area contributed by atoms with E-state index < -0.39 is 0 Å². The van der Waals surface area contributed by atoms with Crippen LogP contribution >= 0.6 is 0 Å². The molecule has 2 aromatic carbocycles. The molecule has 0 saturated carbocycles. The molecule has 0 unspecified atom stereocenters. The minimum atomic E-state index is -0.158. The minimum absolute atomic E-state index is 0.158. The van der Waals surface area contributed by atoms with Crippen molar-refractivity contribution in [1.82, 2.24) is 4.98 Å². The highest BCUT2D eigenvalue weighted by Crippen LogP contribution is 2.22. The van der Waals surface area contributed by atoms with Crippen molar-refractivity contribution in [3.8, 4) is 11.3 Å². The molecule has 3 nitrogen and oxygen atoms in total. The third-order valence-electron chi connectivity index (χ3n) is 3.41. The lowest BCUT2D eigenvalue weighted by molar-refractivity contribution is 0.102. The summed E-state index contributed by atoms with van der Waals surface area (Å²) in [4.78, 5) is 16.9. The van der Waals surface area contributed by atoms with Crippen molar-refractivity contribution in [1.29, 1.82) is 0 Å². The number of para-hydroxylation sites is 1. The number of aromatic nitrogens is 1. The Labute approximate surface area is 129 Å². The normalized spacial score (nSPS) is 10.2. The maximum atomic E-state index is 12.5. The van der Waals surface area contributed by atoms with E-state index in [9.17, 15) is 4.79 Å². The summed E-state index contributed by atoms with van der Waals surface area (Å²) in [6.07, 6.45) is 1.70. The van der Waals surface area contributed by atoms with Crippen LogP contribution in [0.3, 0.4) is 0 Å². The van der Waals surface area contributed by atoms with E-state index in [2.05, 4.69) is 10.3 Å². The largest absolute Gasteiger partial charge is 0.322 e. The zero-order valence-electron chi connectivity index (χ0n) is 12.3. The van der Waals surface area contributed by atoms with Gasteiger partial charge in [0.1, 0.15) is 0 Å². The molecule has 3 rings (SSSR count). The molecule has 0 aliphatic rings. The van der Waals surface area contributed by atoms with Gasteiger partial charge in [0.2, 0.25) is 0 Å². The summed E-state index contributed by atoms with van der Waals surface area (Å²) in [6, 6.07) is 21.0. The first-order valence-electron chi connectivity index (χ1n) is 7.12. The molecule has 1 N–H and O–H groups in total. The zero-order chi connectivity index (χ0) is 15.4. The molecule has 3 aromatic rings.